The molecule has 0 saturated carbocycles. The molecule has 120 valence electrons. The van der Waals surface area contributed by atoms with Gasteiger partial charge >= 0.3 is 0 Å². The molecule has 1 unspecified atom stereocenters. The van der Waals surface area contributed by atoms with Crippen molar-refractivity contribution in [2.24, 2.45) is 0 Å². The number of phenolic OH excluding ortho intramolecular Hbond substituents is 1. The third-order valence-electron chi connectivity index (χ3n) is 4.18. The summed E-state index contributed by atoms with van der Waals surface area (Å²) in [5.74, 6) is -0.134. The number of amides is 1. The van der Waals surface area contributed by atoms with E-state index in [0.29, 0.717) is 17.2 Å². The van der Waals surface area contributed by atoms with Gasteiger partial charge in [0, 0.05) is 12.3 Å². The van der Waals surface area contributed by atoms with Crippen molar-refractivity contribution in [2.75, 3.05) is 5.32 Å². The number of carbonyl (C=O) groups is 1. The topological polar surface area (TPSA) is 67.1 Å². The van der Waals surface area contributed by atoms with Crippen LogP contribution in [0.25, 0.3) is 5.69 Å². The van der Waals surface area contributed by atoms with Gasteiger partial charge in [0.2, 0.25) is 5.91 Å². The molecule has 6 heteroatoms. The van der Waals surface area contributed by atoms with Crippen LogP contribution in [0.15, 0.2) is 54.9 Å². The molecule has 0 radical (unpaired) electrons. The zero-order chi connectivity index (χ0) is 16.7. The van der Waals surface area contributed by atoms with E-state index in [-0.39, 0.29) is 24.0 Å². The lowest BCUT2D eigenvalue weighted by Crippen LogP contribution is -2.25. The highest BCUT2D eigenvalue weighted by Crippen LogP contribution is 2.37. The highest BCUT2D eigenvalue weighted by atomic mass is 19.1. The SMILES string of the molecule is O=C1CC(c2ccc(O)cc2)c2ncn(-c3ccccc3F)c2N1. The van der Waals surface area contributed by atoms with Crippen molar-refractivity contribution < 1.29 is 14.3 Å². The molecule has 0 saturated heterocycles. The predicted molar refractivity (Wildman–Crippen MR) is 86.7 cm³/mol. The lowest BCUT2D eigenvalue weighted by atomic mass is 9.90. The number of carbonyl (C=O) groups excluding carboxylic acids is 1. The van der Waals surface area contributed by atoms with Crippen molar-refractivity contribution in [1.29, 1.82) is 0 Å². The molecule has 3 aromatic rings. The Morgan fingerprint density at radius 1 is 1.17 bits per heavy atom. The van der Waals surface area contributed by atoms with E-state index in [0.717, 1.165) is 5.56 Å². The molecule has 0 aliphatic carbocycles. The molecule has 0 fully saturated rings. The number of benzene rings is 2. The number of rotatable bonds is 2. The number of nitrogens with one attached hydrogen (secondary N) is 1. The summed E-state index contributed by atoms with van der Waals surface area (Å²) >= 11 is 0. The number of aromatic nitrogens is 2. The number of para-hydroxylation sites is 1. The Bertz CT molecular complexity index is 918. The molecule has 1 atom stereocenters. The van der Waals surface area contributed by atoms with Gasteiger partial charge in [-0.1, -0.05) is 24.3 Å². The van der Waals surface area contributed by atoms with Gasteiger partial charge in [0.1, 0.15) is 23.7 Å². The largest absolute Gasteiger partial charge is 0.508 e. The zero-order valence-corrected chi connectivity index (χ0v) is 12.6. The molecule has 24 heavy (non-hydrogen) atoms. The average molecular weight is 323 g/mol. The minimum Gasteiger partial charge on any atom is -0.508 e. The Morgan fingerprint density at radius 2 is 1.92 bits per heavy atom. The first-order chi connectivity index (χ1) is 11.6. The van der Waals surface area contributed by atoms with Gasteiger partial charge in [0.15, 0.2) is 0 Å². The van der Waals surface area contributed by atoms with Gasteiger partial charge in [-0.2, -0.15) is 0 Å². The van der Waals surface area contributed by atoms with Crippen molar-refractivity contribution in [3.05, 3.63) is 71.9 Å². The molecule has 1 aromatic heterocycles. The first kappa shape index (κ1) is 14.4. The maximum Gasteiger partial charge on any atom is 0.226 e. The summed E-state index contributed by atoms with van der Waals surface area (Å²) < 4.78 is 15.6. The van der Waals surface area contributed by atoms with Gasteiger partial charge < -0.3 is 10.4 Å². The molecular formula is C18H14FN3O2. The van der Waals surface area contributed by atoms with Crippen LogP contribution < -0.4 is 5.32 Å². The normalized spacial score (nSPS) is 16.5. The molecule has 1 aliphatic rings. The van der Waals surface area contributed by atoms with Crippen LogP contribution in [0.2, 0.25) is 0 Å². The van der Waals surface area contributed by atoms with E-state index in [1.807, 2.05) is 0 Å². The van der Waals surface area contributed by atoms with Crippen molar-refractivity contribution in [3.8, 4) is 11.4 Å². The smallest absolute Gasteiger partial charge is 0.226 e. The van der Waals surface area contributed by atoms with Crippen LogP contribution in [0.4, 0.5) is 10.2 Å². The summed E-state index contributed by atoms with van der Waals surface area (Å²) in [6.45, 7) is 0. The average Bonchev–Trinajstić information content (AvgIpc) is 2.99. The van der Waals surface area contributed by atoms with Crippen LogP contribution in [-0.4, -0.2) is 20.6 Å². The molecule has 1 aliphatic heterocycles. The Balaban J connectivity index is 1.83. The summed E-state index contributed by atoms with van der Waals surface area (Å²) in [6, 6.07) is 13.0. The molecule has 2 N–H and O–H groups in total. The maximum atomic E-state index is 14.1. The number of fused-ring (bicyclic) bond motifs is 1. The molecule has 5 nitrogen and oxygen atoms in total. The Hall–Kier alpha value is -3.15. The first-order valence-corrected chi connectivity index (χ1v) is 7.54. The summed E-state index contributed by atoms with van der Waals surface area (Å²) in [5, 5.41) is 12.2. The summed E-state index contributed by atoms with van der Waals surface area (Å²) in [6.07, 6.45) is 1.77. The van der Waals surface area contributed by atoms with E-state index in [9.17, 15) is 14.3 Å². The quantitative estimate of drug-likeness (QED) is 0.761. The minimum atomic E-state index is -0.390. The molecule has 0 bridgehead atoms. The monoisotopic (exact) mass is 323 g/mol. The molecule has 1 amide bonds. The minimum absolute atomic E-state index is 0.154. The van der Waals surface area contributed by atoms with E-state index in [2.05, 4.69) is 10.3 Å². The lowest BCUT2D eigenvalue weighted by Gasteiger charge is -2.23. The lowest BCUT2D eigenvalue weighted by molar-refractivity contribution is -0.116. The fourth-order valence-electron chi connectivity index (χ4n) is 3.02. The molecule has 2 aromatic carbocycles. The Kier molecular flexibility index (Phi) is 3.30. The van der Waals surface area contributed by atoms with Crippen molar-refractivity contribution >= 4 is 11.7 Å². The highest BCUT2D eigenvalue weighted by Gasteiger charge is 2.31. The summed E-state index contributed by atoms with van der Waals surface area (Å²) in [7, 11) is 0. The molecule has 2 heterocycles. The zero-order valence-electron chi connectivity index (χ0n) is 12.6. The second-order valence-corrected chi connectivity index (χ2v) is 5.70. The van der Waals surface area contributed by atoms with Crippen LogP contribution in [0.1, 0.15) is 23.6 Å². The van der Waals surface area contributed by atoms with E-state index in [4.69, 9.17) is 0 Å². The second-order valence-electron chi connectivity index (χ2n) is 5.70. The molecule has 4 rings (SSSR count). The Labute approximate surface area is 137 Å². The number of imidazole rings is 1. The van der Waals surface area contributed by atoms with Gasteiger partial charge in [-0.05, 0) is 29.8 Å². The summed E-state index contributed by atoms with van der Waals surface area (Å²) in [4.78, 5) is 16.6. The predicted octanol–water partition coefficient (Wildman–Crippen LogP) is 3.19. The fraction of sp³-hybridized carbons (Fsp3) is 0.111. The van der Waals surface area contributed by atoms with E-state index < -0.39 is 5.82 Å². The fourth-order valence-corrected chi connectivity index (χ4v) is 3.02. The second kappa shape index (κ2) is 5.49. The standard InChI is InChI=1S/C18H14FN3O2/c19-14-3-1-2-4-15(14)22-10-20-17-13(9-16(24)21-18(17)22)11-5-7-12(23)8-6-11/h1-8,10,13,23H,9H2,(H,21,24). The van der Waals surface area contributed by atoms with Gasteiger partial charge in [-0.15, -0.1) is 0 Å². The van der Waals surface area contributed by atoms with Gasteiger partial charge in [0.05, 0.1) is 11.4 Å². The van der Waals surface area contributed by atoms with Gasteiger partial charge in [-0.25, -0.2) is 9.37 Å². The summed E-state index contributed by atoms with van der Waals surface area (Å²) in [5.41, 5.74) is 1.89. The highest BCUT2D eigenvalue weighted by molar-refractivity contribution is 5.94. The number of aromatic hydroxyl groups is 1. The van der Waals surface area contributed by atoms with E-state index >= 15 is 0 Å². The van der Waals surface area contributed by atoms with Crippen LogP contribution in [0.5, 0.6) is 5.75 Å². The van der Waals surface area contributed by atoms with Crippen LogP contribution in [0.3, 0.4) is 0 Å². The van der Waals surface area contributed by atoms with E-state index in [1.165, 1.54) is 12.4 Å². The first-order valence-electron chi connectivity index (χ1n) is 7.54. The maximum absolute atomic E-state index is 14.1. The number of phenols is 1. The van der Waals surface area contributed by atoms with E-state index in [1.54, 1.807) is 47.0 Å². The van der Waals surface area contributed by atoms with Crippen LogP contribution in [0, 0.1) is 5.82 Å². The third kappa shape index (κ3) is 2.32. The van der Waals surface area contributed by atoms with Crippen LogP contribution >= 0.6 is 0 Å². The Morgan fingerprint density at radius 3 is 2.67 bits per heavy atom. The van der Waals surface area contributed by atoms with Gasteiger partial charge in [-0.3, -0.25) is 9.36 Å². The number of anilines is 1. The van der Waals surface area contributed by atoms with Crippen molar-refractivity contribution in [3.63, 3.8) is 0 Å². The van der Waals surface area contributed by atoms with Gasteiger partial charge in [0.25, 0.3) is 0 Å². The van der Waals surface area contributed by atoms with Crippen LogP contribution in [-0.2, 0) is 4.79 Å². The van der Waals surface area contributed by atoms with Crippen molar-refractivity contribution in [2.45, 2.75) is 12.3 Å². The third-order valence-corrected chi connectivity index (χ3v) is 4.18. The molecular weight excluding hydrogens is 309 g/mol. The number of halogens is 1. The number of nitrogens with zero attached hydrogens (tertiary/aromatic N) is 2. The number of hydrogen-bond donors (Lipinski definition) is 2. The molecule has 0 spiro atoms. The number of hydrogen-bond acceptors (Lipinski definition) is 3. The van der Waals surface area contributed by atoms with Crippen molar-refractivity contribution in [1.82, 2.24) is 9.55 Å².